The number of halogens is 6. The molecule has 0 radical (unpaired) electrons. The highest BCUT2D eigenvalue weighted by molar-refractivity contribution is 6.13. The Morgan fingerprint density at radius 2 is 1.52 bits per heavy atom. The van der Waals surface area contributed by atoms with Gasteiger partial charge < -0.3 is 14.2 Å². The molecular formula is C20H16F6NO4+. The minimum absolute atomic E-state index is 0.0114. The molecule has 0 spiro atoms. The van der Waals surface area contributed by atoms with E-state index in [4.69, 9.17) is 9.47 Å². The van der Waals surface area contributed by atoms with E-state index in [0.717, 1.165) is 0 Å². The molecule has 1 atom stereocenters. The molecule has 0 aliphatic carbocycles. The standard InChI is InChI=1S/C20H16F6NO4/c1-27-12-7-5-4-6-10(12)16(11-8-14(29-2)15(30-3)9-13(11)27)17(28)31-19(23,18(21)22)20(24,25)26/h4-9,18H,1-3H3/q+1. The third kappa shape index (κ3) is 3.57. The van der Waals surface area contributed by atoms with E-state index in [1.54, 1.807) is 23.7 Å². The van der Waals surface area contributed by atoms with E-state index < -0.39 is 30.0 Å². The fraction of sp³-hybridized carbons (Fsp3) is 0.300. The smallest absolute Gasteiger partial charge is 0.466 e. The molecule has 11 heteroatoms. The number of hydrogen-bond acceptors (Lipinski definition) is 4. The second kappa shape index (κ2) is 7.78. The Morgan fingerprint density at radius 3 is 2.06 bits per heavy atom. The highest BCUT2D eigenvalue weighted by Crippen LogP contribution is 2.42. The lowest BCUT2D eigenvalue weighted by atomic mass is 10.0. The monoisotopic (exact) mass is 448 g/mol. The van der Waals surface area contributed by atoms with Gasteiger partial charge in [0, 0.05) is 6.07 Å². The first-order valence-electron chi connectivity index (χ1n) is 8.69. The Hall–Kier alpha value is -3.24. The Kier molecular flexibility index (Phi) is 5.64. The quantitative estimate of drug-likeness (QED) is 0.250. The zero-order valence-electron chi connectivity index (χ0n) is 16.4. The molecule has 0 N–H and O–H groups in total. The molecule has 0 fully saturated rings. The van der Waals surface area contributed by atoms with Crippen molar-refractivity contribution in [2.45, 2.75) is 18.5 Å². The number of fused-ring (bicyclic) bond motifs is 2. The molecule has 2 aromatic carbocycles. The van der Waals surface area contributed by atoms with Crippen molar-refractivity contribution in [3.63, 3.8) is 0 Å². The zero-order valence-corrected chi connectivity index (χ0v) is 16.4. The van der Waals surface area contributed by atoms with Crippen molar-refractivity contribution in [3.05, 3.63) is 42.0 Å². The van der Waals surface area contributed by atoms with Crippen molar-refractivity contribution in [1.29, 1.82) is 0 Å². The fourth-order valence-corrected chi connectivity index (χ4v) is 3.23. The predicted molar refractivity (Wildman–Crippen MR) is 97.0 cm³/mol. The average molecular weight is 448 g/mol. The van der Waals surface area contributed by atoms with E-state index >= 15 is 0 Å². The third-order valence-electron chi connectivity index (χ3n) is 4.78. The lowest BCUT2D eigenvalue weighted by molar-refractivity contribution is -0.617. The number of benzene rings is 2. The van der Waals surface area contributed by atoms with Crippen LogP contribution in [-0.2, 0) is 11.8 Å². The van der Waals surface area contributed by atoms with Gasteiger partial charge in [0.2, 0.25) is 11.0 Å². The summed E-state index contributed by atoms with van der Waals surface area (Å²) in [5, 5.41) is 0.0520. The number of esters is 1. The molecule has 0 aliphatic heterocycles. The molecule has 1 unspecified atom stereocenters. The van der Waals surface area contributed by atoms with Crippen molar-refractivity contribution < 1.29 is 49.9 Å². The van der Waals surface area contributed by atoms with E-state index in [9.17, 15) is 31.1 Å². The molecule has 0 amide bonds. The number of aromatic nitrogens is 1. The van der Waals surface area contributed by atoms with Gasteiger partial charge in [0.1, 0.15) is 7.05 Å². The van der Waals surface area contributed by atoms with Crippen molar-refractivity contribution in [2.24, 2.45) is 7.05 Å². The lowest BCUT2D eigenvalue weighted by Gasteiger charge is -2.26. The molecule has 166 valence electrons. The molecule has 0 aliphatic rings. The van der Waals surface area contributed by atoms with E-state index in [1.165, 1.54) is 38.5 Å². The van der Waals surface area contributed by atoms with Gasteiger partial charge in [-0.25, -0.2) is 13.6 Å². The van der Waals surface area contributed by atoms with Crippen LogP contribution in [0.4, 0.5) is 26.3 Å². The third-order valence-corrected chi connectivity index (χ3v) is 4.78. The first kappa shape index (κ1) is 22.4. The second-order valence-electron chi connectivity index (χ2n) is 6.51. The number of alkyl halides is 6. The van der Waals surface area contributed by atoms with Crippen LogP contribution in [0.25, 0.3) is 21.8 Å². The number of carbonyl (C=O) groups excluding carboxylic acids is 1. The zero-order chi connectivity index (χ0) is 23.1. The number of ether oxygens (including phenoxy) is 3. The maximum Gasteiger partial charge on any atom is 0.466 e. The van der Waals surface area contributed by atoms with Crippen molar-refractivity contribution in [3.8, 4) is 11.5 Å². The first-order valence-corrected chi connectivity index (χ1v) is 8.69. The normalized spacial score (nSPS) is 14.0. The van der Waals surface area contributed by atoms with Crippen molar-refractivity contribution >= 4 is 27.8 Å². The van der Waals surface area contributed by atoms with Gasteiger partial charge in [0.15, 0.2) is 11.5 Å². The molecule has 0 bridgehead atoms. The lowest BCUT2D eigenvalue weighted by Crippen LogP contribution is -2.51. The van der Waals surface area contributed by atoms with Crippen LogP contribution in [-0.4, -0.2) is 38.6 Å². The highest BCUT2D eigenvalue weighted by atomic mass is 19.4. The number of rotatable bonds is 5. The van der Waals surface area contributed by atoms with Crippen LogP contribution in [0.15, 0.2) is 36.4 Å². The van der Waals surface area contributed by atoms with Gasteiger partial charge in [-0.2, -0.15) is 22.1 Å². The number of aryl methyl sites for hydroxylation is 1. The molecule has 0 saturated heterocycles. The Balaban J connectivity index is 2.36. The minimum Gasteiger partial charge on any atom is -0.493 e. The molecule has 1 aromatic heterocycles. The van der Waals surface area contributed by atoms with Crippen LogP contribution < -0.4 is 14.0 Å². The maximum absolute atomic E-state index is 14.1. The summed E-state index contributed by atoms with van der Waals surface area (Å²) < 4.78 is 94.7. The van der Waals surface area contributed by atoms with Crippen molar-refractivity contribution in [1.82, 2.24) is 0 Å². The van der Waals surface area contributed by atoms with Gasteiger partial charge in [0.25, 0.3) is 0 Å². The summed E-state index contributed by atoms with van der Waals surface area (Å²) in [4.78, 5) is 12.7. The van der Waals surface area contributed by atoms with Crippen LogP contribution in [0.3, 0.4) is 0 Å². The maximum atomic E-state index is 14.1. The van der Waals surface area contributed by atoms with E-state index in [2.05, 4.69) is 4.74 Å². The molecule has 31 heavy (non-hydrogen) atoms. The van der Waals surface area contributed by atoms with Gasteiger partial charge >= 0.3 is 24.4 Å². The largest absolute Gasteiger partial charge is 0.493 e. The summed E-state index contributed by atoms with van der Waals surface area (Å²) in [6.45, 7) is 0. The van der Waals surface area contributed by atoms with Crippen LogP contribution >= 0.6 is 0 Å². The average Bonchev–Trinajstić information content (AvgIpc) is 2.72. The van der Waals surface area contributed by atoms with E-state index in [1.807, 2.05) is 0 Å². The van der Waals surface area contributed by atoms with Crippen LogP contribution in [0.5, 0.6) is 11.5 Å². The summed E-state index contributed by atoms with van der Waals surface area (Å²) in [5.74, 6) is -7.04. The molecule has 0 saturated carbocycles. The van der Waals surface area contributed by atoms with Crippen molar-refractivity contribution in [2.75, 3.05) is 14.2 Å². The number of para-hydroxylation sites is 1. The number of carbonyl (C=O) groups is 1. The summed E-state index contributed by atoms with van der Waals surface area (Å²) in [7, 11) is 4.25. The predicted octanol–water partition coefficient (Wildman–Crippen LogP) is 4.48. The van der Waals surface area contributed by atoms with Crippen LogP contribution in [0.1, 0.15) is 10.4 Å². The molecular weight excluding hydrogens is 432 g/mol. The van der Waals surface area contributed by atoms with Crippen LogP contribution in [0.2, 0.25) is 0 Å². The van der Waals surface area contributed by atoms with Gasteiger partial charge in [-0.3, -0.25) is 0 Å². The topological polar surface area (TPSA) is 48.6 Å². The van der Waals surface area contributed by atoms with Crippen LogP contribution in [0, 0.1) is 0 Å². The SMILES string of the molecule is COc1cc2c(C(=O)OC(F)(C(F)F)C(F)(F)F)c3ccccc3[n+](C)c2cc1OC. The number of pyridine rings is 1. The highest BCUT2D eigenvalue weighted by Gasteiger charge is 2.67. The first-order chi connectivity index (χ1) is 14.5. The molecule has 3 rings (SSSR count). The number of methoxy groups -OCH3 is 2. The molecule has 1 heterocycles. The van der Waals surface area contributed by atoms with E-state index in [-0.39, 0.29) is 27.8 Å². The van der Waals surface area contributed by atoms with E-state index in [0.29, 0.717) is 5.52 Å². The Morgan fingerprint density at radius 1 is 0.935 bits per heavy atom. The molecule has 3 aromatic rings. The minimum atomic E-state index is -6.15. The van der Waals surface area contributed by atoms with Gasteiger partial charge in [-0.05, 0) is 12.1 Å². The van der Waals surface area contributed by atoms with Gasteiger partial charge in [-0.15, -0.1) is 0 Å². The summed E-state index contributed by atoms with van der Waals surface area (Å²) in [6, 6.07) is 8.70. The fourth-order valence-electron chi connectivity index (χ4n) is 3.23. The van der Waals surface area contributed by atoms with Gasteiger partial charge in [-0.1, -0.05) is 12.1 Å². The second-order valence-corrected chi connectivity index (χ2v) is 6.51. The summed E-state index contributed by atoms with van der Waals surface area (Å²) in [6.07, 6.45) is -10.8. The Labute approximate surface area is 171 Å². The Bertz CT molecular complexity index is 1160. The number of hydrogen-bond donors (Lipinski definition) is 0. The van der Waals surface area contributed by atoms with Gasteiger partial charge in [0.05, 0.1) is 36.6 Å². The molecule has 5 nitrogen and oxygen atoms in total. The summed E-state index contributed by atoms with van der Waals surface area (Å²) in [5.41, 5.74) is 0.0936. The summed E-state index contributed by atoms with van der Waals surface area (Å²) >= 11 is 0. The number of nitrogens with zero attached hydrogens (tertiary/aromatic N) is 1.